The second kappa shape index (κ2) is 6.82. The zero-order valence-corrected chi connectivity index (χ0v) is 16.3. The van der Waals surface area contributed by atoms with Gasteiger partial charge >= 0.3 is 5.97 Å². The number of carbonyl (C=O) groups is 1. The van der Waals surface area contributed by atoms with Crippen LogP contribution in [0.25, 0.3) is 0 Å². The average Bonchev–Trinajstić information content (AvgIpc) is 2.97. The van der Waals surface area contributed by atoms with Gasteiger partial charge in [0.2, 0.25) is 0 Å². The first-order valence-electron chi connectivity index (χ1n) is 9.61. The van der Waals surface area contributed by atoms with Gasteiger partial charge in [-0.15, -0.1) is 0 Å². The molecule has 0 bridgehead atoms. The SMILES string of the molecule is Cc1c(C(=O)O)cc(Cl)c2c1OC(C)([C@H]1CC[C@H](N[C@H]3C[C@H](F)C3)CC1)O2. The van der Waals surface area contributed by atoms with Gasteiger partial charge < -0.3 is 19.9 Å². The number of rotatable bonds is 4. The van der Waals surface area contributed by atoms with Crippen LogP contribution in [0.1, 0.15) is 61.4 Å². The molecule has 2 fully saturated rings. The van der Waals surface area contributed by atoms with Crippen LogP contribution in [-0.2, 0) is 0 Å². The number of alkyl halides is 1. The average molecular weight is 398 g/mol. The van der Waals surface area contributed by atoms with Crippen molar-refractivity contribution in [2.45, 2.75) is 76.4 Å². The van der Waals surface area contributed by atoms with Crippen LogP contribution in [0.5, 0.6) is 11.5 Å². The smallest absolute Gasteiger partial charge is 0.336 e. The molecule has 0 aromatic heterocycles. The number of aromatic carboxylic acids is 1. The molecule has 3 aliphatic rings. The summed E-state index contributed by atoms with van der Waals surface area (Å²) < 4.78 is 25.3. The van der Waals surface area contributed by atoms with Crippen molar-refractivity contribution in [3.05, 3.63) is 22.2 Å². The molecule has 7 heteroatoms. The summed E-state index contributed by atoms with van der Waals surface area (Å²) in [7, 11) is 0. The summed E-state index contributed by atoms with van der Waals surface area (Å²) in [6, 6.07) is 2.15. The molecular weight excluding hydrogens is 373 g/mol. The summed E-state index contributed by atoms with van der Waals surface area (Å²) in [5.74, 6) is -0.828. The van der Waals surface area contributed by atoms with Gasteiger partial charge in [-0.05, 0) is 51.5 Å². The van der Waals surface area contributed by atoms with E-state index < -0.39 is 17.9 Å². The van der Waals surface area contributed by atoms with Gasteiger partial charge in [-0.25, -0.2) is 9.18 Å². The predicted octanol–water partition coefficient (Wildman–Crippen LogP) is 4.48. The molecule has 0 spiro atoms. The molecule has 5 nitrogen and oxygen atoms in total. The number of carboxylic acid groups (broad SMARTS) is 1. The summed E-state index contributed by atoms with van der Waals surface area (Å²) in [5.41, 5.74) is 0.665. The van der Waals surface area contributed by atoms with E-state index in [1.165, 1.54) is 6.07 Å². The summed E-state index contributed by atoms with van der Waals surface area (Å²) in [6.07, 6.45) is 4.45. The van der Waals surface area contributed by atoms with Crippen molar-refractivity contribution >= 4 is 17.6 Å². The van der Waals surface area contributed by atoms with Crippen LogP contribution in [0.15, 0.2) is 6.07 Å². The van der Waals surface area contributed by atoms with E-state index in [0.29, 0.717) is 42.0 Å². The van der Waals surface area contributed by atoms with Crippen LogP contribution in [0.2, 0.25) is 5.02 Å². The Hall–Kier alpha value is -1.53. The summed E-state index contributed by atoms with van der Waals surface area (Å²) in [5, 5.41) is 13.2. The van der Waals surface area contributed by atoms with E-state index >= 15 is 0 Å². The third-order valence-corrected chi connectivity index (χ3v) is 6.58. The molecule has 148 valence electrons. The number of hydrogen-bond donors (Lipinski definition) is 2. The number of benzene rings is 1. The molecule has 1 aliphatic heterocycles. The van der Waals surface area contributed by atoms with Crippen LogP contribution in [0, 0.1) is 12.8 Å². The fourth-order valence-electron chi connectivity index (χ4n) is 4.54. The predicted molar refractivity (Wildman–Crippen MR) is 99.6 cm³/mol. The number of ether oxygens (including phenoxy) is 2. The Bertz CT molecular complexity index is 759. The second-order valence-corrected chi connectivity index (χ2v) is 8.60. The Morgan fingerprint density at radius 2 is 1.85 bits per heavy atom. The van der Waals surface area contributed by atoms with E-state index in [2.05, 4.69) is 5.32 Å². The maximum absolute atomic E-state index is 13.0. The molecule has 2 N–H and O–H groups in total. The molecule has 2 saturated carbocycles. The van der Waals surface area contributed by atoms with Gasteiger partial charge in [-0.2, -0.15) is 0 Å². The maximum atomic E-state index is 13.0. The highest BCUT2D eigenvalue weighted by Gasteiger charge is 2.47. The fraction of sp³-hybridized carbons (Fsp3) is 0.650. The fourth-order valence-corrected chi connectivity index (χ4v) is 4.77. The Labute approximate surface area is 163 Å². The number of nitrogens with one attached hydrogen (secondary N) is 1. The summed E-state index contributed by atoms with van der Waals surface area (Å²) in [4.78, 5) is 11.4. The first-order chi connectivity index (χ1) is 12.8. The number of halogens is 2. The lowest BCUT2D eigenvalue weighted by atomic mass is 9.80. The number of hydrogen-bond acceptors (Lipinski definition) is 4. The molecule has 1 heterocycles. The van der Waals surface area contributed by atoms with E-state index in [1.54, 1.807) is 6.92 Å². The van der Waals surface area contributed by atoms with Gasteiger partial charge in [0.05, 0.1) is 10.6 Å². The van der Waals surface area contributed by atoms with Crippen molar-refractivity contribution in [2.24, 2.45) is 5.92 Å². The van der Waals surface area contributed by atoms with Crippen molar-refractivity contribution < 1.29 is 23.8 Å². The molecule has 1 atom stereocenters. The molecule has 1 unspecified atom stereocenters. The highest BCUT2D eigenvalue weighted by Crippen LogP contribution is 2.51. The van der Waals surface area contributed by atoms with E-state index in [0.717, 1.165) is 25.7 Å². The molecule has 4 rings (SSSR count). The van der Waals surface area contributed by atoms with Crippen LogP contribution >= 0.6 is 11.6 Å². The Balaban J connectivity index is 1.43. The largest absolute Gasteiger partial charge is 0.478 e. The van der Waals surface area contributed by atoms with Gasteiger partial charge in [0.15, 0.2) is 11.5 Å². The first-order valence-corrected chi connectivity index (χ1v) is 9.99. The third kappa shape index (κ3) is 3.38. The third-order valence-electron chi connectivity index (χ3n) is 6.30. The number of carboxylic acids is 1. The van der Waals surface area contributed by atoms with Gasteiger partial charge in [-0.1, -0.05) is 11.6 Å². The van der Waals surface area contributed by atoms with Crippen LogP contribution in [-0.4, -0.2) is 35.1 Å². The minimum Gasteiger partial charge on any atom is -0.478 e. The molecular formula is C20H25ClFNO4. The van der Waals surface area contributed by atoms with Crippen molar-refractivity contribution in [2.75, 3.05) is 0 Å². The molecule has 1 aromatic carbocycles. The maximum Gasteiger partial charge on any atom is 0.336 e. The van der Waals surface area contributed by atoms with Crippen molar-refractivity contribution in [3.63, 3.8) is 0 Å². The minimum atomic E-state index is -1.03. The highest BCUT2D eigenvalue weighted by atomic mass is 35.5. The highest BCUT2D eigenvalue weighted by molar-refractivity contribution is 6.32. The van der Waals surface area contributed by atoms with E-state index in [-0.39, 0.29) is 16.5 Å². The van der Waals surface area contributed by atoms with Gasteiger partial charge in [0.1, 0.15) is 6.17 Å². The number of fused-ring (bicyclic) bond motifs is 1. The van der Waals surface area contributed by atoms with E-state index in [1.807, 2.05) is 6.92 Å². The lowest BCUT2D eigenvalue weighted by Crippen LogP contribution is -2.51. The zero-order valence-electron chi connectivity index (χ0n) is 15.6. The minimum absolute atomic E-state index is 0.131. The lowest BCUT2D eigenvalue weighted by molar-refractivity contribution is -0.121. The van der Waals surface area contributed by atoms with E-state index in [9.17, 15) is 14.3 Å². The van der Waals surface area contributed by atoms with Gasteiger partial charge in [0.25, 0.3) is 5.79 Å². The summed E-state index contributed by atoms with van der Waals surface area (Å²) >= 11 is 6.26. The molecule has 0 radical (unpaired) electrons. The van der Waals surface area contributed by atoms with E-state index in [4.69, 9.17) is 21.1 Å². The second-order valence-electron chi connectivity index (χ2n) is 8.20. The quantitative estimate of drug-likeness (QED) is 0.783. The van der Waals surface area contributed by atoms with Crippen LogP contribution in [0.3, 0.4) is 0 Å². The Kier molecular flexibility index (Phi) is 4.75. The zero-order chi connectivity index (χ0) is 19.3. The Morgan fingerprint density at radius 1 is 1.22 bits per heavy atom. The molecule has 0 saturated heterocycles. The monoisotopic (exact) mass is 397 g/mol. The Morgan fingerprint density at radius 3 is 2.44 bits per heavy atom. The lowest BCUT2D eigenvalue weighted by Gasteiger charge is -2.40. The summed E-state index contributed by atoms with van der Waals surface area (Å²) in [6.45, 7) is 3.62. The first kappa shape index (κ1) is 18.8. The van der Waals surface area contributed by atoms with Gasteiger partial charge in [0, 0.05) is 30.5 Å². The van der Waals surface area contributed by atoms with Crippen molar-refractivity contribution in [1.82, 2.24) is 5.32 Å². The van der Waals surface area contributed by atoms with Crippen molar-refractivity contribution in [3.8, 4) is 11.5 Å². The van der Waals surface area contributed by atoms with Crippen molar-refractivity contribution in [1.29, 1.82) is 0 Å². The standard InChI is InChI=1S/C20H25ClFNO4/c1-10-15(19(24)25)9-16(21)18-17(10)26-20(2,27-18)11-3-5-13(6-4-11)23-14-7-12(22)8-14/h9,11-14,23H,3-8H2,1-2H3,(H,24,25)/t11-,12-,13-,14-,20?. The topological polar surface area (TPSA) is 67.8 Å². The molecule has 27 heavy (non-hydrogen) atoms. The molecule has 0 amide bonds. The molecule has 1 aromatic rings. The molecule has 2 aliphatic carbocycles. The van der Waals surface area contributed by atoms with Crippen LogP contribution in [0.4, 0.5) is 4.39 Å². The van der Waals surface area contributed by atoms with Gasteiger partial charge in [-0.3, -0.25) is 0 Å². The normalized spacial score (nSPS) is 35.0. The van der Waals surface area contributed by atoms with Crippen LogP contribution < -0.4 is 14.8 Å².